The van der Waals surface area contributed by atoms with Crippen LogP contribution in [-0.4, -0.2) is 21.7 Å². The number of aromatic nitrogens is 2. The molecule has 1 N–H and O–H groups in total. The predicted octanol–water partition coefficient (Wildman–Crippen LogP) is 3.59. The van der Waals surface area contributed by atoms with Crippen molar-refractivity contribution in [3.05, 3.63) is 46.2 Å². The molecule has 0 aliphatic heterocycles. The van der Waals surface area contributed by atoms with Gasteiger partial charge in [0.15, 0.2) is 0 Å². The summed E-state index contributed by atoms with van der Waals surface area (Å²) in [5.41, 5.74) is 4.58. The molecule has 0 saturated heterocycles. The van der Waals surface area contributed by atoms with Gasteiger partial charge in [-0.2, -0.15) is 0 Å². The summed E-state index contributed by atoms with van der Waals surface area (Å²) in [5.74, 6) is 0. The molecule has 0 bridgehead atoms. The Kier molecular flexibility index (Phi) is 5.10. The van der Waals surface area contributed by atoms with Crippen LogP contribution in [-0.2, 0) is 12.8 Å². The minimum absolute atomic E-state index is 0.181. The zero-order chi connectivity index (χ0) is 14.5. The maximum atomic E-state index is 8.91. The molecule has 0 saturated carbocycles. The maximum Gasteiger partial charge on any atom is 0.0933 e. The Morgan fingerprint density at radius 2 is 2.00 bits per heavy atom. The third kappa shape index (κ3) is 3.35. The van der Waals surface area contributed by atoms with Crippen LogP contribution in [0.5, 0.6) is 0 Å². The molecule has 2 heterocycles. The van der Waals surface area contributed by atoms with Crippen molar-refractivity contribution < 1.29 is 5.11 Å². The summed E-state index contributed by atoms with van der Waals surface area (Å²) in [6, 6.07) is 7.81. The van der Waals surface area contributed by atoms with Gasteiger partial charge in [-0.1, -0.05) is 24.6 Å². The molecule has 4 heteroatoms. The van der Waals surface area contributed by atoms with E-state index in [1.54, 1.807) is 0 Å². The van der Waals surface area contributed by atoms with Crippen LogP contribution in [0.1, 0.15) is 30.3 Å². The van der Waals surface area contributed by atoms with Crippen molar-refractivity contribution in [1.82, 2.24) is 9.97 Å². The van der Waals surface area contributed by atoms with Gasteiger partial charge in [-0.15, -0.1) is 0 Å². The Morgan fingerprint density at radius 3 is 2.70 bits per heavy atom. The number of rotatable bonds is 5. The van der Waals surface area contributed by atoms with Gasteiger partial charge in [-0.25, -0.2) is 0 Å². The normalized spacial score (nSPS) is 10.8. The summed E-state index contributed by atoms with van der Waals surface area (Å²) in [6.07, 6.45) is 2.33. The molecule has 20 heavy (non-hydrogen) atoms. The molecule has 0 radical (unpaired) electrons. The number of halogens is 1. The van der Waals surface area contributed by atoms with E-state index in [1.165, 1.54) is 0 Å². The molecule has 106 valence electrons. The fraction of sp³-hybridized carbons (Fsp3) is 0.375. The highest BCUT2D eigenvalue weighted by molar-refractivity contribution is 6.31. The average molecular weight is 291 g/mol. The SMILES string of the molecule is CCc1cc(Cl)c(C)c(-c2cccc(CCCO)n2)n1. The van der Waals surface area contributed by atoms with E-state index in [0.29, 0.717) is 0 Å². The molecule has 0 amide bonds. The lowest BCUT2D eigenvalue weighted by atomic mass is 10.1. The lowest BCUT2D eigenvalue weighted by molar-refractivity contribution is 0.288. The minimum Gasteiger partial charge on any atom is -0.396 e. The van der Waals surface area contributed by atoms with Crippen LogP contribution >= 0.6 is 11.6 Å². The molecule has 2 aromatic heterocycles. The van der Waals surface area contributed by atoms with Gasteiger partial charge in [-0.3, -0.25) is 9.97 Å². The highest BCUT2D eigenvalue weighted by Crippen LogP contribution is 2.26. The molecule has 0 aromatic carbocycles. The van der Waals surface area contributed by atoms with E-state index in [-0.39, 0.29) is 6.61 Å². The van der Waals surface area contributed by atoms with E-state index in [9.17, 15) is 0 Å². The minimum atomic E-state index is 0.181. The first-order valence-electron chi connectivity index (χ1n) is 6.89. The number of aliphatic hydroxyl groups is 1. The topological polar surface area (TPSA) is 46.0 Å². The Morgan fingerprint density at radius 1 is 1.20 bits per heavy atom. The fourth-order valence-corrected chi connectivity index (χ4v) is 2.28. The fourth-order valence-electron chi connectivity index (χ4n) is 2.07. The summed E-state index contributed by atoms with van der Waals surface area (Å²) in [5, 5.41) is 9.64. The number of pyridine rings is 2. The van der Waals surface area contributed by atoms with E-state index in [1.807, 2.05) is 31.2 Å². The summed E-state index contributed by atoms with van der Waals surface area (Å²) in [7, 11) is 0. The van der Waals surface area contributed by atoms with Gasteiger partial charge in [0.25, 0.3) is 0 Å². The van der Waals surface area contributed by atoms with Crippen molar-refractivity contribution in [3.63, 3.8) is 0 Å². The van der Waals surface area contributed by atoms with Crippen LogP contribution in [0.3, 0.4) is 0 Å². The number of hydrogen-bond donors (Lipinski definition) is 1. The van der Waals surface area contributed by atoms with Crippen molar-refractivity contribution in [1.29, 1.82) is 0 Å². The molecule has 0 aliphatic carbocycles. The number of hydrogen-bond acceptors (Lipinski definition) is 3. The lowest BCUT2D eigenvalue weighted by Gasteiger charge is -2.10. The van der Waals surface area contributed by atoms with Gasteiger partial charge < -0.3 is 5.11 Å². The summed E-state index contributed by atoms with van der Waals surface area (Å²) >= 11 is 6.27. The Bertz CT molecular complexity index is 599. The molecule has 2 aromatic rings. The molecular formula is C16H19ClN2O. The maximum absolute atomic E-state index is 8.91. The van der Waals surface area contributed by atoms with E-state index >= 15 is 0 Å². The first-order chi connectivity index (χ1) is 9.65. The van der Waals surface area contributed by atoms with E-state index in [0.717, 1.165) is 52.6 Å². The van der Waals surface area contributed by atoms with E-state index in [2.05, 4.69) is 16.9 Å². The number of aliphatic hydroxyl groups excluding tert-OH is 1. The second-order valence-electron chi connectivity index (χ2n) is 4.76. The summed E-state index contributed by atoms with van der Waals surface area (Å²) < 4.78 is 0. The zero-order valence-electron chi connectivity index (χ0n) is 11.9. The highest BCUT2D eigenvalue weighted by Gasteiger charge is 2.11. The van der Waals surface area contributed by atoms with Crippen LogP contribution in [0.2, 0.25) is 5.02 Å². The van der Waals surface area contributed by atoms with Gasteiger partial charge in [0.2, 0.25) is 0 Å². The third-order valence-corrected chi connectivity index (χ3v) is 3.66. The van der Waals surface area contributed by atoms with Gasteiger partial charge in [0, 0.05) is 23.0 Å². The Hall–Kier alpha value is -1.45. The van der Waals surface area contributed by atoms with Gasteiger partial charge in [0.1, 0.15) is 0 Å². The van der Waals surface area contributed by atoms with Crippen LogP contribution in [0.15, 0.2) is 24.3 Å². The summed E-state index contributed by atoms with van der Waals surface area (Å²) in [4.78, 5) is 9.27. The lowest BCUT2D eigenvalue weighted by Crippen LogP contribution is -1.99. The molecule has 2 rings (SSSR count). The first kappa shape index (κ1) is 14.9. The highest BCUT2D eigenvalue weighted by atomic mass is 35.5. The Labute approximate surface area is 124 Å². The molecule has 0 aliphatic rings. The molecule has 0 spiro atoms. The molecule has 3 nitrogen and oxygen atoms in total. The van der Waals surface area contributed by atoms with Gasteiger partial charge >= 0.3 is 0 Å². The van der Waals surface area contributed by atoms with Crippen LogP contribution in [0, 0.1) is 6.92 Å². The average Bonchev–Trinajstić information content (AvgIpc) is 2.48. The largest absolute Gasteiger partial charge is 0.396 e. The van der Waals surface area contributed by atoms with Gasteiger partial charge in [0.05, 0.1) is 11.4 Å². The zero-order valence-corrected chi connectivity index (χ0v) is 12.6. The van der Waals surface area contributed by atoms with Crippen LogP contribution in [0.25, 0.3) is 11.4 Å². The van der Waals surface area contributed by atoms with Crippen LogP contribution in [0.4, 0.5) is 0 Å². The molecule has 0 fully saturated rings. The number of nitrogens with zero attached hydrogens (tertiary/aromatic N) is 2. The van der Waals surface area contributed by atoms with E-state index < -0.39 is 0 Å². The number of aryl methyl sites for hydroxylation is 2. The predicted molar refractivity (Wildman–Crippen MR) is 82.0 cm³/mol. The second-order valence-corrected chi connectivity index (χ2v) is 5.17. The standard InChI is InChI=1S/C16H19ClN2O/c1-3-12-10-14(17)11(2)16(19-12)15-8-4-6-13(18-15)7-5-9-20/h4,6,8,10,20H,3,5,7,9H2,1-2H3. The summed E-state index contributed by atoms with van der Waals surface area (Å²) in [6.45, 7) is 4.20. The quantitative estimate of drug-likeness (QED) is 0.915. The molecule has 0 atom stereocenters. The van der Waals surface area contributed by atoms with Crippen molar-refractivity contribution in [3.8, 4) is 11.4 Å². The van der Waals surface area contributed by atoms with Crippen LogP contribution < -0.4 is 0 Å². The van der Waals surface area contributed by atoms with Crippen molar-refractivity contribution in [2.45, 2.75) is 33.1 Å². The van der Waals surface area contributed by atoms with Crippen molar-refractivity contribution in [2.75, 3.05) is 6.61 Å². The van der Waals surface area contributed by atoms with Crippen molar-refractivity contribution in [2.24, 2.45) is 0 Å². The van der Waals surface area contributed by atoms with Gasteiger partial charge in [-0.05, 0) is 49.9 Å². The smallest absolute Gasteiger partial charge is 0.0933 e. The second kappa shape index (κ2) is 6.82. The molecule has 0 unspecified atom stereocenters. The van der Waals surface area contributed by atoms with E-state index in [4.69, 9.17) is 16.7 Å². The third-order valence-electron chi connectivity index (χ3n) is 3.26. The molecular weight excluding hydrogens is 272 g/mol. The Balaban J connectivity index is 2.42. The van der Waals surface area contributed by atoms with Crippen molar-refractivity contribution >= 4 is 11.6 Å². The first-order valence-corrected chi connectivity index (χ1v) is 7.26. The monoisotopic (exact) mass is 290 g/mol.